The fourth-order valence-corrected chi connectivity index (χ4v) is 1.99. The van der Waals surface area contributed by atoms with Crippen LogP contribution in [0.5, 0.6) is 5.75 Å². The van der Waals surface area contributed by atoms with Gasteiger partial charge in [-0.3, -0.25) is 4.79 Å². The third-order valence-corrected chi connectivity index (χ3v) is 3.41. The number of nitrogens with one attached hydrogen (secondary N) is 1. The van der Waals surface area contributed by atoms with E-state index >= 15 is 0 Å². The summed E-state index contributed by atoms with van der Waals surface area (Å²) in [6.07, 6.45) is 0. The average Bonchev–Trinajstić information content (AvgIpc) is 2.42. The van der Waals surface area contributed by atoms with Gasteiger partial charge in [0.1, 0.15) is 5.75 Å². The highest BCUT2D eigenvalue weighted by Gasteiger charge is 2.05. The van der Waals surface area contributed by atoms with Crippen molar-refractivity contribution >= 4 is 44.8 Å². The minimum atomic E-state index is -0.253. The number of carbonyl (C=O) groups is 1. The molecule has 104 valence electrons. The fraction of sp³-hybridized carbons (Fsp3) is 0.0714. The molecule has 20 heavy (non-hydrogen) atoms. The Morgan fingerprint density at radius 3 is 2.60 bits per heavy atom. The lowest BCUT2D eigenvalue weighted by molar-refractivity contribution is -0.118. The molecule has 0 radical (unpaired) electrons. The molecule has 0 fully saturated rings. The number of hydrogen-bond donors (Lipinski definition) is 2. The molecule has 4 nitrogen and oxygen atoms in total. The van der Waals surface area contributed by atoms with Crippen LogP contribution in [0, 0.1) is 0 Å². The van der Waals surface area contributed by atoms with Crippen molar-refractivity contribution in [3.05, 3.63) is 52.0 Å². The van der Waals surface area contributed by atoms with Crippen molar-refractivity contribution in [3.63, 3.8) is 0 Å². The SMILES string of the molecule is Nc1ccc(NC(=O)COc2ccc(Cl)cc2)cc1Br. The molecule has 0 atom stereocenters. The van der Waals surface area contributed by atoms with Crippen LogP contribution in [0.3, 0.4) is 0 Å². The summed E-state index contributed by atoms with van der Waals surface area (Å²) in [5.41, 5.74) is 6.93. The van der Waals surface area contributed by atoms with E-state index in [4.69, 9.17) is 22.1 Å². The Bertz CT molecular complexity index is 617. The van der Waals surface area contributed by atoms with Gasteiger partial charge >= 0.3 is 0 Å². The van der Waals surface area contributed by atoms with Gasteiger partial charge in [-0.2, -0.15) is 0 Å². The molecule has 2 aromatic carbocycles. The van der Waals surface area contributed by atoms with Gasteiger partial charge in [-0.05, 0) is 58.4 Å². The number of carbonyl (C=O) groups excluding carboxylic acids is 1. The Balaban J connectivity index is 1.89. The molecule has 1 amide bonds. The van der Waals surface area contributed by atoms with Crippen molar-refractivity contribution in [1.29, 1.82) is 0 Å². The number of benzene rings is 2. The Kier molecular flexibility index (Phi) is 4.87. The number of halogens is 2. The molecular formula is C14H12BrClN2O2. The molecule has 0 spiro atoms. The Hall–Kier alpha value is -1.72. The van der Waals surface area contributed by atoms with E-state index in [0.717, 1.165) is 4.47 Å². The van der Waals surface area contributed by atoms with Crippen LogP contribution < -0.4 is 15.8 Å². The summed E-state index contributed by atoms with van der Waals surface area (Å²) >= 11 is 9.06. The third-order valence-electron chi connectivity index (χ3n) is 2.47. The molecule has 0 aromatic heterocycles. The molecule has 6 heteroatoms. The molecule has 0 saturated heterocycles. The highest BCUT2D eigenvalue weighted by molar-refractivity contribution is 9.10. The summed E-state index contributed by atoms with van der Waals surface area (Å²) in [6, 6.07) is 12.0. The fourth-order valence-electron chi connectivity index (χ4n) is 1.48. The molecule has 2 rings (SSSR count). The summed E-state index contributed by atoms with van der Waals surface area (Å²) in [5, 5.41) is 3.34. The highest BCUT2D eigenvalue weighted by Crippen LogP contribution is 2.23. The van der Waals surface area contributed by atoms with Gasteiger partial charge in [-0.15, -0.1) is 0 Å². The van der Waals surface area contributed by atoms with Gasteiger partial charge in [0.2, 0.25) is 0 Å². The monoisotopic (exact) mass is 354 g/mol. The van der Waals surface area contributed by atoms with Gasteiger partial charge in [0.05, 0.1) is 0 Å². The second kappa shape index (κ2) is 6.63. The minimum absolute atomic E-state index is 0.0797. The van der Waals surface area contributed by atoms with E-state index in [1.54, 1.807) is 42.5 Å². The third kappa shape index (κ3) is 4.15. The van der Waals surface area contributed by atoms with Gasteiger partial charge in [-0.1, -0.05) is 11.6 Å². The highest BCUT2D eigenvalue weighted by atomic mass is 79.9. The molecule has 0 bridgehead atoms. The van der Waals surface area contributed by atoms with Crippen LogP contribution in [0.4, 0.5) is 11.4 Å². The first-order valence-electron chi connectivity index (χ1n) is 5.78. The van der Waals surface area contributed by atoms with Gasteiger partial charge in [0, 0.05) is 20.9 Å². The zero-order chi connectivity index (χ0) is 14.5. The van der Waals surface area contributed by atoms with Gasteiger partial charge in [0.15, 0.2) is 6.61 Å². The maximum Gasteiger partial charge on any atom is 0.262 e. The van der Waals surface area contributed by atoms with Crippen LogP contribution >= 0.6 is 27.5 Å². The zero-order valence-electron chi connectivity index (χ0n) is 10.4. The second-order valence-corrected chi connectivity index (χ2v) is 5.32. The average molecular weight is 356 g/mol. The summed E-state index contributed by atoms with van der Waals surface area (Å²) in [7, 11) is 0. The predicted octanol–water partition coefficient (Wildman–Crippen LogP) is 3.70. The first-order valence-corrected chi connectivity index (χ1v) is 6.95. The molecule has 0 aliphatic rings. The molecule has 3 N–H and O–H groups in total. The predicted molar refractivity (Wildman–Crippen MR) is 84.1 cm³/mol. The maximum atomic E-state index is 11.7. The van der Waals surface area contributed by atoms with Crippen molar-refractivity contribution in [3.8, 4) is 5.75 Å². The molecule has 2 aromatic rings. The lowest BCUT2D eigenvalue weighted by atomic mass is 10.3. The van der Waals surface area contributed by atoms with E-state index < -0.39 is 0 Å². The van der Waals surface area contributed by atoms with Crippen molar-refractivity contribution in [2.75, 3.05) is 17.7 Å². The normalized spacial score (nSPS) is 10.1. The van der Waals surface area contributed by atoms with Gasteiger partial charge in [0.25, 0.3) is 5.91 Å². The molecule has 0 heterocycles. The maximum absolute atomic E-state index is 11.7. The lowest BCUT2D eigenvalue weighted by Crippen LogP contribution is -2.20. The number of nitrogens with two attached hydrogens (primary N) is 1. The Labute approximate surface area is 130 Å². The van der Waals surface area contributed by atoms with Crippen LogP contribution in [0.25, 0.3) is 0 Å². The van der Waals surface area contributed by atoms with Gasteiger partial charge < -0.3 is 15.8 Å². The number of ether oxygens (including phenoxy) is 1. The first kappa shape index (κ1) is 14.7. The van der Waals surface area contributed by atoms with Crippen LogP contribution in [0.2, 0.25) is 5.02 Å². The zero-order valence-corrected chi connectivity index (χ0v) is 12.7. The van der Waals surface area contributed by atoms with Crippen molar-refractivity contribution in [2.45, 2.75) is 0 Å². The summed E-state index contributed by atoms with van der Waals surface area (Å²) in [6.45, 7) is -0.0797. The number of rotatable bonds is 4. The molecule has 0 aliphatic heterocycles. The Morgan fingerprint density at radius 2 is 1.95 bits per heavy atom. The summed E-state index contributed by atoms with van der Waals surface area (Å²) < 4.78 is 6.07. The van der Waals surface area contributed by atoms with E-state index in [9.17, 15) is 4.79 Å². The number of amides is 1. The topological polar surface area (TPSA) is 64.3 Å². The molecule has 0 saturated carbocycles. The van der Waals surface area contributed by atoms with Crippen LogP contribution in [0.1, 0.15) is 0 Å². The number of nitrogen functional groups attached to an aromatic ring is 1. The summed E-state index contributed by atoms with van der Waals surface area (Å²) in [5.74, 6) is 0.333. The number of anilines is 2. The van der Waals surface area contributed by atoms with Crippen molar-refractivity contribution in [2.24, 2.45) is 0 Å². The van der Waals surface area contributed by atoms with E-state index in [-0.39, 0.29) is 12.5 Å². The molecular weight excluding hydrogens is 344 g/mol. The quantitative estimate of drug-likeness (QED) is 0.822. The minimum Gasteiger partial charge on any atom is -0.484 e. The largest absolute Gasteiger partial charge is 0.484 e. The Morgan fingerprint density at radius 1 is 1.25 bits per heavy atom. The van der Waals surface area contributed by atoms with Crippen molar-refractivity contribution in [1.82, 2.24) is 0 Å². The second-order valence-electron chi connectivity index (χ2n) is 4.03. The van der Waals surface area contributed by atoms with Crippen LogP contribution in [-0.2, 0) is 4.79 Å². The molecule has 0 unspecified atom stereocenters. The van der Waals surface area contributed by atoms with Crippen molar-refractivity contribution < 1.29 is 9.53 Å². The smallest absolute Gasteiger partial charge is 0.262 e. The van der Waals surface area contributed by atoms with Crippen LogP contribution in [0.15, 0.2) is 46.9 Å². The van der Waals surface area contributed by atoms with E-state index in [2.05, 4.69) is 21.2 Å². The van der Waals surface area contributed by atoms with E-state index in [0.29, 0.717) is 22.1 Å². The van der Waals surface area contributed by atoms with E-state index in [1.165, 1.54) is 0 Å². The van der Waals surface area contributed by atoms with E-state index in [1.807, 2.05) is 0 Å². The van der Waals surface area contributed by atoms with Crippen LogP contribution in [-0.4, -0.2) is 12.5 Å². The standard InChI is InChI=1S/C14H12BrClN2O2/c15-12-7-10(3-6-13(12)17)18-14(19)8-20-11-4-1-9(16)2-5-11/h1-7H,8,17H2,(H,18,19). The molecule has 0 aliphatic carbocycles. The first-order chi connectivity index (χ1) is 9.54. The number of hydrogen-bond acceptors (Lipinski definition) is 3. The lowest BCUT2D eigenvalue weighted by Gasteiger charge is -2.08. The van der Waals surface area contributed by atoms with Gasteiger partial charge in [-0.25, -0.2) is 0 Å². The summed E-state index contributed by atoms with van der Waals surface area (Å²) in [4.78, 5) is 11.7.